The summed E-state index contributed by atoms with van der Waals surface area (Å²) in [6.45, 7) is 0. The molecule has 16 heavy (non-hydrogen) atoms. The van der Waals surface area contributed by atoms with E-state index in [1.807, 2.05) is 18.2 Å². The van der Waals surface area contributed by atoms with Crippen LogP contribution >= 0.6 is 0 Å². The van der Waals surface area contributed by atoms with Gasteiger partial charge in [0.15, 0.2) is 11.6 Å². The van der Waals surface area contributed by atoms with Crippen molar-refractivity contribution >= 4 is 0 Å². The van der Waals surface area contributed by atoms with Gasteiger partial charge in [0, 0.05) is 5.56 Å². The normalized spacial score (nSPS) is 10.1. The molecular formula is C13H11FO2. The fourth-order valence-electron chi connectivity index (χ4n) is 1.56. The molecule has 2 rings (SSSR count). The summed E-state index contributed by atoms with van der Waals surface area (Å²) in [6, 6.07) is 11.6. The van der Waals surface area contributed by atoms with E-state index in [1.54, 1.807) is 19.2 Å². The molecule has 0 aromatic heterocycles. The van der Waals surface area contributed by atoms with Crippen molar-refractivity contribution < 1.29 is 14.2 Å². The highest BCUT2D eigenvalue weighted by molar-refractivity contribution is 5.70. The summed E-state index contributed by atoms with van der Waals surface area (Å²) in [4.78, 5) is 0. The zero-order valence-electron chi connectivity index (χ0n) is 8.77. The van der Waals surface area contributed by atoms with Crippen molar-refractivity contribution in [3.8, 4) is 22.6 Å². The summed E-state index contributed by atoms with van der Waals surface area (Å²) in [5, 5.41) is 9.11. The molecule has 0 aliphatic rings. The van der Waals surface area contributed by atoms with Gasteiger partial charge in [0.25, 0.3) is 0 Å². The Balaban J connectivity index is 2.54. The first-order chi connectivity index (χ1) is 7.72. The van der Waals surface area contributed by atoms with Crippen LogP contribution in [0.3, 0.4) is 0 Å². The van der Waals surface area contributed by atoms with Crippen LogP contribution in [-0.4, -0.2) is 12.2 Å². The van der Waals surface area contributed by atoms with E-state index < -0.39 is 5.82 Å². The molecule has 0 radical (unpaired) electrons. The first kappa shape index (κ1) is 10.5. The van der Waals surface area contributed by atoms with Crippen LogP contribution in [0.25, 0.3) is 11.1 Å². The maximum Gasteiger partial charge on any atom is 0.165 e. The predicted octanol–water partition coefficient (Wildman–Crippen LogP) is 3.21. The fourth-order valence-corrected chi connectivity index (χ4v) is 1.56. The standard InChI is InChI=1S/C13H11FO2/c1-16-13-5-3-2-4-10(13)9-6-7-12(15)11(14)8-9/h2-8,15H,1H3. The van der Waals surface area contributed by atoms with Crippen molar-refractivity contribution in [1.82, 2.24) is 0 Å². The molecular weight excluding hydrogens is 207 g/mol. The van der Waals surface area contributed by atoms with Crippen LogP contribution in [0.5, 0.6) is 11.5 Å². The maximum atomic E-state index is 13.2. The van der Waals surface area contributed by atoms with Gasteiger partial charge in [-0.2, -0.15) is 0 Å². The van der Waals surface area contributed by atoms with E-state index in [-0.39, 0.29) is 5.75 Å². The monoisotopic (exact) mass is 218 g/mol. The van der Waals surface area contributed by atoms with Gasteiger partial charge >= 0.3 is 0 Å². The number of aromatic hydroxyl groups is 1. The Kier molecular flexibility index (Phi) is 2.77. The number of methoxy groups -OCH3 is 1. The fraction of sp³-hybridized carbons (Fsp3) is 0.0769. The van der Waals surface area contributed by atoms with Gasteiger partial charge < -0.3 is 9.84 Å². The smallest absolute Gasteiger partial charge is 0.165 e. The zero-order valence-corrected chi connectivity index (χ0v) is 8.77. The van der Waals surface area contributed by atoms with Crippen LogP contribution in [0, 0.1) is 5.82 Å². The molecule has 0 fully saturated rings. The SMILES string of the molecule is COc1ccccc1-c1ccc(O)c(F)c1. The summed E-state index contributed by atoms with van der Waals surface area (Å²) < 4.78 is 18.4. The van der Waals surface area contributed by atoms with Gasteiger partial charge in [0.2, 0.25) is 0 Å². The summed E-state index contributed by atoms with van der Waals surface area (Å²) in [5.41, 5.74) is 1.47. The van der Waals surface area contributed by atoms with Gasteiger partial charge in [0.05, 0.1) is 7.11 Å². The summed E-state index contributed by atoms with van der Waals surface area (Å²) in [7, 11) is 1.57. The lowest BCUT2D eigenvalue weighted by Gasteiger charge is -2.08. The number of rotatable bonds is 2. The minimum atomic E-state index is -0.636. The third-order valence-electron chi connectivity index (χ3n) is 2.37. The van der Waals surface area contributed by atoms with Crippen LogP contribution in [0.2, 0.25) is 0 Å². The average molecular weight is 218 g/mol. The first-order valence-electron chi connectivity index (χ1n) is 4.84. The largest absolute Gasteiger partial charge is 0.505 e. The molecule has 2 aromatic rings. The topological polar surface area (TPSA) is 29.5 Å². The minimum Gasteiger partial charge on any atom is -0.505 e. The molecule has 0 aliphatic heterocycles. The van der Waals surface area contributed by atoms with Gasteiger partial charge in [-0.05, 0) is 23.8 Å². The second kappa shape index (κ2) is 4.23. The first-order valence-corrected chi connectivity index (χ1v) is 4.84. The maximum absolute atomic E-state index is 13.2. The Morgan fingerprint density at radius 1 is 1.12 bits per heavy atom. The van der Waals surface area contributed by atoms with Gasteiger partial charge in [-0.25, -0.2) is 4.39 Å². The van der Waals surface area contributed by atoms with Crippen LogP contribution in [0.4, 0.5) is 4.39 Å². The molecule has 0 saturated heterocycles. The van der Waals surface area contributed by atoms with Gasteiger partial charge in [-0.1, -0.05) is 24.3 Å². The molecule has 0 amide bonds. The van der Waals surface area contributed by atoms with Crippen molar-refractivity contribution in [3.05, 3.63) is 48.3 Å². The van der Waals surface area contributed by atoms with Crippen molar-refractivity contribution in [2.24, 2.45) is 0 Å². The molecule has 3 heteroatoms. The van der Waals surface area contributed by atoms with Crippen LogP contribution in [0.15, 0.2) is 42.5 Å². The highest BCUT2D eigenvalue weighted by Gasteiger charge is 2.07. The lowest BCUT2D eigenvalue weighted by molar-refractivity contribution is 0.416. The van der Waals surface area contributed by atoms with Crippen LogP contribution in [-0.2, 0) is 0 Å². The number of para-hydroxylation sites is 1. The average Bonchev–Trinajstić information content (AvgIpc) is 2.32. The number of phenolic OH excluding ortho intramolecular Hbond substituents is 1. The molecule has 0 heterocycles. The van der Waals surface area contributed by atoms with E-state index in [4.69, 9.17) is 9.84 Å². The van der Waals surface area contributed by atoms with Crippen molar-refractivity contribution in [2.45, 2.75) is 0 Å². The van der Waals surface area contributed by atoms with Crippen molar-refractivity contribution in [1.29, 1.82) is 0 Å². The van der Waals surface area contributed by atoms with E-state index in [1.165, 1.54) is 12.1 Å². The number of hydrogen-bond donors (Lipinski definition) is 1. The van der Waals surface area contributed by atoms with Crippen molar-refractivity contribution in [2.75, 3.05) is 7.11 Å². The Morgan fingerprint density at radius 3 is 2.56 bits per heavy atom. The van der Waals surface area contributed by atoms with Crippen LogP contribution in [0.1, 0.15) is 0 Å². The number of hydrogen-bond acceptors (Lipinski definition) is 2. The molecule has 0 bridgehead atoms. The summed E-state index contributed by atoms with van der Waals surface area (Å²) in [6.07, 6.45) is 0. The molecule has 0 aliphatic carbocycles. The predicted molar refractivity (Wildman–Crippen MR) is 60.1 cm³/mol. The Labute approximate surface area is 92.9 Å². The number of benzene rings is 2. The van der Waals surface area contributed by atoms with E-state index in [0.29, 0.717) is 11.3 Å². The molecule has 0 unspecified atom stereocenters. The molecule has 1 N–H and O–H groups in total. The molecule has 2 aromatic carbocycles. The van der Waals surface area contributed by atoms with E-state index in [9.17, 15) is 4.39 Å². The molecule has 0 atom stereocenters. The third kappa shape index (κ3) is 1.84. The molecule has 0 spiro atoms. The molecule has 82 valence electrons. The van der Waals surface area contributed by atoms with Crippen molar-refractivity contribution in [3.63, 3.8) is 0 Å². The van der Waals surface area contributed by atoms with E-state index in [2.05, 4.69) is 0 Å². The number of halogens is 1. The summed E-state index contributed by atoms with van der Waals surface area (Å²) >= 11 is 0. The highest BCUT2D eigenvalue weighted by Crippen LogP contribution is 2.31. The second-order valence-electron chi connectivity index (χ2n) is 3.37. The minimum absolute atomic E-state index is 0.348. The Hall–Kier alpha value is -2.03. The molecule has 0 saturated carbocycles. The van der Waals surface area contributed by atoms with E-state index >= 15 is 0 Å². The lowest BCUT2D eigenvalue weighted by Crippen LogP contribution is -1.88. The number of phenols is 1. The van der Waals surface area contributed by atoms with Gasteiger partial charge in [0.1, 0.15) is 5.75 Å². The Morgan fingerprint density at radius 2 is 1.88 bits per heavy atom. The van der Waals surface area contributed by atoms with Gasteiger partial charge in [-0.3, -0.25) is 0 Å². The van der Waals surface area contributed by atoms with Gasteiger partial charge in [-0.15, -0.1) is 0 Å². The molecule has 2 nitrogen and oxygen atoms in total. The number of ether oxygens (including phenoxy) is 1. The quantitative estimate of drug-likeness (QED) is 0.838. The van der Waals surface area contributed by atoms with E-state index in [0.717, 1.165) is 5.56 Å². The lowest BCUT2D eigenvalue weighted by atomic mass is 10.0. The Bertz CT molecular complexity index is 509. The highest BCUT2D eigenvalue weighted by atomic mass is 19.1. The van der Waals surface area contributed by atoms with Crippen LogP contribution < -0.4 is 4.74 Å². The summed E-state index contributed by atoms with van der Waals surface area (Å²) in [5.74, 6) is -0.311. The zero-order chi connectivity index (χ0) is 11.5. The second-order valence-corrected chi connectivity index (χ2v) is 3.37. The third-order valence-corrected chi connectivity index (χ3v) is 2.37.